The summed E-state index contributed by atoms with van der Waals surface area (Å²) in [5.41, 5.74) is 7.28. The lowest BCUT2D eigenvalue weighted by Crippen LogP contribution is -2.33. The number of methoxy groups -OCH3 is 1. The van der Waals surface area contributed by atoms with E-state index in [9.17, 15) is 13.2 Å². The van der Waals surface area contributed by atoms with Crippen LogP contribution in [0.1, 0.15) is 38.2 Å². The number of carbonyl (C=O) groups is 1. The van der Waals surface area contributed by atoms with E-state index in [1.165, 1.54) is 16.1 Å². The highest BCUT2D eigenvalue weighted by atomic mass is 79.9. The second kappa shape index (κ2) is 15.5. The largest absolute Gasteiger partial charge is 0.493 e. The number of nitrogens with one attached hydrogen (secondary N) is 1. The third kappa shape index (κ3) is 8.44. The van der Waals surface area contributed by atoms with Crippen LogP contribution in [0.15, 0.2) is 124 Å². The van der Waals surface area contributed by atoms with Crippen molar-refractivity contribution in [2.24, 2.45) is 5.10 Å². The van der Waals surface area contributed by atoms with Crippen molar-refractivity contribution in [2.45, 2.75) is 31.9 Å². The highest BCUT2D eigenvalue weighted by Gasteiger charge is 2.28. The summed E-state index contributed by atoms with van der Waals surface area (Å²) in [4.78, 5) is 13.6. The van der Waals surface area contributed by atoms with Gasteiger partial charge in [0.05, 0.1) is 40.5 Å². The van der Waals surface area contributed by atoms with Gasteiger partial charge >= 0.3 is 0 Å². The molecule has 1 amide bonds. The monoisotopic (exact) mass is 745 g/mol. The van der Waals surface area contributed by atoms with Crippen LogP contribution in [-0.2, 0) is 23.2 Å². The van der Waals surface area contributed by atoms with Crippen molar-refractivity contribution in [2.75, 3.05) is 11.4 Å². The Hall–Kier alpha value is -4.64. The Labute approximate surface area is 294 Å². The third-order valence-electron chi connectivity index (χ3n) is 7.40. The van der Waals surface area contributed by atoms with E-state index in [1.54, 1.807) is 92.0 Å². The number of para-hydroxylation sites is 1. The maximum Gasteiger partial charge on any atom is 0.273 e. The van der Waals surface area contributed by atoms with Crippen molar-refractivity contribution in [1.82, 2.24) is 5.43 Å². The predicted octanol–water partition coefficient (Wildman–Crippen LogP) is 8.47. The minimum absolute atomic E-state index is 0.0346. The Morgan fingerprint density at radius 3 is 2.19 bits per heavy atom. The molecule has 0 aliphatic heterocycles. The molecule has 5 rings (SSSR count). The van der Waals surface area contributed by atoms with E-state index in [-0.39, 0.29) is 22.7 Å². The number of ether oxygens (including phenoxy) is 2. The van der Waals surface area contributed by atoms with E-state index in [0.717, 1.165) is 11.1 Å². The molecule has 0 atom stereocenters. The molecule has 0 spiro atoms. The van der Waals surface area contributed by atoms with Gasteiger partial charge in [-0.05, 0) is 95.0 Å². The van der Waals surface area contributed by atoms with Crippen molar-refractivity contribution in [3.63, 3.8) is 0 Å². The van der Waals surface area contributed by atoms with Crippen molar-refractivity contribution < 1.29 is 22.7 Å². The molecule has 11 heteroatoms. The normalized spacial score (nSPS) is 11.4. The lowest BCUT2D eigenvalue weighted by atomic mass is 10.1. The molecular weight excluding hydrogens is 714 g/mol. The van der Waals surface area contributed by atoms with Gasteiger partial charge in [-0.15, -0.1) is 0 Å². The SMILES string of the molecule is COc1cc(/C=N/NC(=O)c2ccccc2N(Cc2ccc(Cl)cc2)S(=O)(=O)c2ccc(C)cc2)cc(Br)c1OCc1ccc(C)cc1. The minimum atomic E-state index is -4.09. The van der Waals surface area contributed by atoms with Gasteiger partial charge in [0.15, 0.2) is 11.5 Å². The fourth-order valence-corrected chi connectivity index (χ4v) is 6.97. The fraction of sp³-hybridized carbons (Fsp3) is 0.135. The molecule has 8 nitrogen and oxygen atoms in total. The van der Waals surface area contributed by atoms with Crippen LogP contribution in [0.3, 0.4) is 0 Å². The summed E-state index contributed by atoms with van der Waals surface area (Å²) in [5.74, 6) is 0.420. The molecule has 0 fully saturated rings. The summed E-state index contributed by atoms with van der Waals surface area (Å²) in [7, 11) is -2.55. The molecular formula is C37H33BrClN3O5S. The van der Waals surface area contributed by atoms with E-state index in [1.807, 2.05) is 38.1 Å². The van der Waals surface area contributed by atoms with Crippen LogP contribution in [0.25, 0.3) is 0 Å². The Balaban J connectivity index is 1.39. The lowest BCUT2D eigenvalue weighted by molar-refractivity contribution is 0.0955. The highest BCUT2D eigenvalue weighted by Crippen LogP contribution is 2.37. The van der Waals surface area contributed by atoms with Gasteiger partial charge in [-0.2, -0.15) is 5.10 Å². The zero-order valence-electron chi connectivity index (χ0n) is 26.5. The molecule has 0 aromatic heterocycles. The van der Waals surface area contributed by atoms with Crippen LogP contribution in [0.4, 0.5) is 5.69 Å². The number of nitrogens with zero attached hydrogens (tertiary/aromatic N) is 2. The van der Waals surface area contributed by atoms with Crippen LogP contribution in [-0.4, -0.2) is 27.6 Å². The molecule has 0 radical (unpaired) electrons. The molecule has 0 heterocycles. The van der Waals surface area contributed by atoms with E-state index in [4.69, 9.17) is 21.1 Å². The Morgan fingerprint density at radius 2 is 1.52 bits per heavy atom. The Kier molecular flexibility index (Phi) is 11.2. The third-order valence-corrected chi connectivity index (χ3v) is 10.0. The fourth-order valence-electron chi connectivity index (χ4n) is 4.80. The van der Waals surface area contributed by atoms with Crippen LogP contribution in [0, 0.1) is 13.8 Å². The number of halogens is 2. The van der Waals surface area contributed by atoms with Crippen molar-refractivity contribution in [3.05, 3.63) is 152 Å². The number of rotatable bonds is 12. The van der Waals surface area contributed by atoms with Crippen molar-refractivity contribution in [1.29, 1.82) is 0 Å². The van der Waals surface area contributed by atoms with Gasteiger partial charge in [-0.25, -0.2) is 13.8 Å². The van der Waals surface area contributed by atoms with Gasteiger partial charge in [0, 0.05) is 5.02 Å². The van der Waals surface area contributed by atoms with E-state index in [0.29, 0.717) is 38.7 Å². The summed E-state index contributed by atoms with van der Waals surface area (Å²) in [6.45, 7) is 4.23. The molecule has 5 aromatic rings. The van der Waals surface area contributed by atoms with E-state index in [2.05, 4.69) is 26.5 Å². The highest BCUT2D eigenvalue weighted by molar-refractivity contribution is 9.10. The number of hydrogen-bond donors (Lipinski definition) is 1. The summed E-state index contributed by atoms with van der Waals surface area (Å²) in [6.07, 6.45) is 1.46. The van der Waals surface area contributed by atoms with Gasteiger partial charge in [0.1, 0.15) is 6.61 Å². The smallest absolute Gasteiger partial charge is 0.273 e. The molecule has 0 bridgehead atoms. The zero-order chi connectivity index (χ0) is 34.3. The van der Waals surface area contributed by atoms with Gasteiger partial charge < -0.3 is 9.47 Å². The molecule has 0 saturated heterocycles. The maximum atomic E-state index is 14.1. The van der Waals surface area contributed by atoms with E-state index >= 15 is 0 Å². The minimum Gasteiger partial charge on any atom is -0.493 e. The number of hydrogen-bond acceptors (Lipinski definition) is 6. The van der Waals surface area contributed by atoms with Crippen molar-refractivity contribution in [3.8, 4) is 11.5 Å². The van der Waals surface area contributed by atoms with Crippen molar-refractivity contribution >= 4 is 55.4 Å². The van der Waals surface area contributed by atoms with Gasteiger partial charge in [-0.3, -0.25) is 9.10 Å². The Bertz CT molecular complexity index is 2040. The number of benzene rings is 5. The van der Waals surface area contributed by atoms with Gasteiger partial charge in [0.2, 0.25) is 0 Å². The first kappa shape index (κ1) is 34.7. The number of amides is 1. The topological polar surface area (TPSA) is 97.3 Å². The number of aryl methyl sites for hydroxylation is 2. The molecule has 0 aliphatic carbocycles. The summed E-state index contributed by atoms with van der Waals surface area (Å²) in [6, 6.07) is 31.5. The quantitative estimate of drug-likeness (QED) is 0.102. The van der Waals surface area contributed by atoms with Crippen LogP contribution in [0.2, 0.25) is 5.02 Å². The second-order valence-corrected chi connectivity index (χ2v) is 14.1. The molecule has 48 heavy (non-hydrogen) atoms. The Morgan fingerprint density at radius 1 is 0.896 bits per heavy atom. The summed E-state index contributed by atoms with van der Waals surface area (Å²) >= 11 is 9.64. The van der Waals surface area contributed by atoms with Crippen LogP contribution >= 0.6 is 27.5 Å². The molecule has 0 saturated carbocycles. The molecule has 5 aromatic carbocycles. The van der Waals surface area contributed by atoms with Crippen LogP contribution < -0.4 is 19.2 Å². The average molecular weight is 747 g/mol. The number of anilines is 1. The number of carbonyl (C=O) groups excluding carboxylic acids is 1. The zero-order valence-corrected chi connectivity index (χ0v) is 29.6. The van der Waals surface area contributed by atoms with Crippen LogP contribution in [0.5, 0.6) is 11.5 Å². The first-order valence-corrected chi connectivity index (χ1v) is 17.5. The molecule has 0 unspecified atom stereocenters. The predicted molar refractivity (Wildman–Crippen MR) is 194 cm³/mol. The molecule has 246 valence electrons. The lowest BCUT2D eigenvalue weighted by Gasteiger charge is -2.26. The first-order chi connectivity index (χ1) is 23.0. The summed E-state index contributed by atoms with van der Waals surface area (Å²) in [5, 5.41) is 4.69. The van der Waals surface area contributed by atoms with E-state index < -0.39 is 15.9 Å². The number of sulfonamides is 1. The molecule has 0 aliphatic rings. The first-order valence-electron chi connectivity index (χ1n) is 14.9. The van der Waals surface area contributed by atoms with Gasteiger partial charge in [0.25, 0.3) is 15.9 Å². The molecule has 1 N–H and O–H groups in total. The standard InChI is InChI=1S/C37H33BrClN3O5S/c1-25-8-12-28(13-9-25)24-47-36-33(38)20-29(21-35(36)46-3)22-40-41-37(43)32-6-4-5-7-34(32)42(23-27-14-16-30(39)17-15-27)48(44,45)31-18-10-26(2)11-19-31/h4-22H,23-24H2,1-3H3,(H,41,43)/b40-22+. The average Bonchev–Trinajstić information content (AvgIpc) is 3.08. The number of hydrazone groups is 1. The summed E-state index contributed by atoms with van der Waals surface area (Å²) < 4.78 is 41.6. The maximum absolute atomic E-state index is 14.1. The van der Waals surface area contributed by atoms with Gasteiger partial charge in [-0.1, -0.05) is 83.4 Å². The second-order valence-electron chi connectivity index (χ2n) is 11.0.